The summed E-state index contributed by atoms with van der Waals surface area (Å²) in [4.78, 5) is 4.21. The van der Waals surface area contributed by atoms with Crippen LogP contribution in [-0.2, 0) is 0 Å². The molecular weight excluding hydrogens is 242 g/mol. The molecule has 0 aliphatic rings. The van der Waals surface area contributed by atoms with Crippen LogP contribution in [0.4, 0.5) is 0 Å². The fourth-order valence-electron chi connectivity index (χ4n) is 2.07. The van der Waals surface area contributed by atoms with E-state index < -0.39 is 0 Å². The van der Waals surface area contributed by atoms with Gasteiger partial charge in [0.25, 0.3) is 0 Å². The molecule has 1 N–H and O–H groups in total. The van der Waals surface area contributed by atoms with Crippen LogP contribution in [0, 0.1) is 0 Å². The number of benzene rings is 1. The number of hydrogen-bond acceptors (Lipinski definition) is 4. The number of fused-ring (bicyclic) bond motifs is 1. The van der Waals surface area contributed by atoms with E-state index in [9.17, 15) is 0 Å². The number of nitrogens with zero attached hydrogens (tertiary/aromatic N) is 2. The highest BCUT2D eigenvalue weighted by atomic mass is 16.5. The van der Waals surface area contributed by atoms with Crippen LogP contribution >= 0.6 is 0 Å². The molecule has 0 unspecified atom stereocenters. The van der Waals surface area contributed by atoms with Crippen molar-refractivity contribution in [2.24, 2.45) is 0 Å². The molecule has 5 nitrogen and oxygen atoms in total. The van der Waals surface area contributed by atoms with Crippen molar-refractivity contribution < 1.29 is 9.47 Å². The molecule has 5 heteroatoms. The molecule has 0 aliphatic heterocycles. The molecule has 0 bridgehead atoms. The normalized spacial score (nSPS) is 10.6. The van der Waals surface area contributed by atoms with E-state index in [1.54, 1.807) is 20.4 Å². The van der Waals surface area contributed by atoms with E-state index in [0.29, 0.717) is 5.65 Å². The van der Waals surface area contributed by atoms with Gasteiger partial charge in [-0.2, -0.15) is 5.10 Å². The summed E-state index contributed by atoms with van der Waals surface area (Å²) >= 11 is 0. The zero-order valence-corrected chi connectivity index (χ0v) is 10.7. The summed E-state index contributed by atoms with van der Waals surface area (Å²) in [6.45, 7) is 0. The van der Waals surface area contributed by atoms with Gasteiger partial charge in [0.2, 0.25) is 0 Å². The van der Waals surface area contributed by atoms with Gasteiger partial charge in [-0.15, -0.1) is 0 Å². The Hall–Kier alpha value is -2.56. The zero-order chi connectivity index (χ0) is 13.2. The Kier molecular flexibility index (Phi) is 2.79. The average molecular weight is 255 g/mol. The zero-order valence-electron chi connectivity index (χ0n) is 10.7. The molecule has 0 atom stereocenters. The molecule has 0 radical (unpaired) electrons. The Morgan fingerprint density at radius 2 is 2.00 bits per heavy atom. The summed E-state index contributed by atoms with van der Waals surface area (Å²) in [6.07, 6.45) is 1.72. The summed E-state index contributed by atoms with van der Waals surface area (Å²) in [6, 6.07) is 9.50. The highest BCUT2D eigenvalue weighted by Gasteiger charge is 2.13. The first-order valence-corrected chi connectivity index (χ1v) is 5.85. The van der Waals surface area contributed by atoms with E-state index in [-0.39, 0.29) is 0 Å². The van der Waals surface area contributed by atoms with Crippen LogP contribution in [0.5, 0.6) is 11.5 Å². The lowest BCUT2D eigenvalue weighted by Gasteiger charge is -2.09. The topological polar surface area (TPSA) is 60.0 Å². The first kappa shape index (κ1) is 11.5. The smallest absolute Gasteiger partial charge is 0.181 e. The number of pyridine rings is 1. The summed E-state index contributed by atoms with van der Waals surface area (Å²) in [7, 11) is 3.28. The van der Waals surface area contributed by atoms with Crippen molar-refractivity contribution in [1.29, 1.82) is 0 Å². The molecular formula is C14H13N3O2. The SMILES string of the molecule is COc1ccc(OC)c(-c2[nH]nc3ncccc23)c1. The number of ether oxygens (including phenoxy) is 2. The van der Waals surface area contributed by atoms with E-state index in [1.807, 2.05) is 30.3 Å². The molecule has 19 heavy (non-hydrogen) atoms. The Balaban J connectivity index is 2.25. The fraction of sp³-hybridized carbons (Fsp3) is 0.143. The summed E-state index contributed by atoms with van der Waals surface area (Å²) in [5, 5.41) is 8.15. The van der Waals surface area contributed by atoms with Crippen LogP contribution in [0.2, 0.25) is 0 Å². The molecule has 0 aliphatic carbocycles. The highest BCUT2D eigenvalue weighted by molar-refractivity contribution is 5.92. The summed E-state index contributed by atoms with van der Waals surface area (Å²) in [5.41, 5.74) is 2.46. The molecule has 0 saturated carbocycles. The van der Waals surface area contributed by atoms with Crippen LogP contribution in [-0.4, -0.2) is 29.4 Å². The maximum atomic E-state index is 5.39. The number of aromatic amines is 1. The Morgan fingerprint density at radius 3 is 2.79 bits per heavy atom. The van der Waals surface area contributed by atoms with E-state index in [4.69, 9.17) is 9.47 Å². The maximum Gasteiger partial charge on any atom is 0.181 e. The first-order chi connectivity index (χ1) is 9.33. The van der Waals surface area contributed by atoms with E-state index >= 15 is 0 Å². The number of nitrogens with one attached hydrogen (secondary N) is 1. The van der Waals surface area contributed by atoms with Crippen LogP contribution < -0.4 is 9.47 Å². The minimum absolute atomic E-state index is 0.683. The molecule has 0 amide bonds. The van der Waals surface area contributed by atoms with Gasteiger partial charge in [0.1, 0.15) is 11.5 Å². The molecule has 0 saturated heterocycles. The summed E-state index contributed by atoms with van der Waals surface area (Å²) in [5.74, 6) is 1.53. The molecule has 2 heterocycles. The first-order valence-electron chi connectivity index (χ1n) is 5.85. The monoisotopic (exact) mass is 255 g/mol. The second-order valence-corrected chi connectivity index (χ2v) is 4.04. The second kappa shape index (κ2) is 4.61. The van der Waals surface area contributed by atoms with Gasteiger partial charge in [-0.3, -0.25) is 5.10 Å². The third kappa shape index (κ3) is 1.89. The fourth-order valence-corrected chi connectivity index (χ4v) is 2.07. The number of rotatable bonds is 3. The minimum atomic E-state index is 0.683. The van der Waals surface area contributed by atoms with E-state index in [0.717, 1.165) is 28.1 Å². The van der Waals surface area contributed by atoms with E-state index in [1.165, 1.54) is 0 Å². The maximum absolute atomic E-state index is 5.39. The molecule has 0 spiro atoms. The van der Waals surface area contributed by atoms with Crippen molar-refractivity contribution in [3.05, 3.63) is 36.5 Å². The minimum Gasteiger partial charge on any atom is -0.497 e. The van der Waals surface area contributed by atoms with Gasteiger partial charge in [0.15, 0.2) is 5.65 Å². The lowest BCUT2D eigenvalue weighted by atomic mass is 10.1. The van der Waals surface area contributed by atoms with Crippen molar-refractivity contribution in [1.82, 2.24) is 15.2 Å². The van der Waals surface area contributed by atoms with Crippen LogP contribution in [0.1, 0.15) is 0 Å². The number of methoxy groups -OCH3 is 2. The van der Waals surface area contributed by atoms with Crippen LogP contribution in [0.25, 0.3) is 22.3 Å². The Bertz CT molecular complexity index is 722. The standard InChI is InChI=1S/C14H13N3O2/c1-18-9-5-6-12(19-2)11(8-9)13-10-4-3-7-15-14(10)17-16-13/h3-8H,1-2H3,(H,15,16,17). The van der Waals surface area contributed by atoms with Gasteiger partial charge >= 0.3 is 0 Å². The van der Waals surface area contributed by atoms with Crippen molar-refractivity contribution in [2.45, 2.75) is 0 Å². The molecule has 1 aromatic carbocycles. The van der Waals surface area contributed by atoms with Crippen molar-refractivity contribution >= 4 is 11.0 Å². The Labute approximate surface area is 110 Å². The predicted molar refractivity (Wildman–Crippen MR) is 72.4 cm³/mol. The summed E-state index contributed by atoms with van der Waals surface area (Å²) < 4.78 is 10.7. The van der Waals surface area contributed by atoms with Crippen molar-refractivity contribution in [2.75, 3.05) is 14.2 Å². The van der Waals surface area contributed by atoms with E-state index in [2.05, 4.69) is 15.2 Å². The average Bonchev–Trinajstić information content (AvgIpc) is 2.90. The van der Waals surface area contributed by atoms with Crippen LogP contribution in [0.15, 0.2) is 36.5 Å². The Morgan fingerprint density at radius 1 is 1.11 bits per heavy atom. The lowest BCUT2D eigenvalue weighted by molar-refractivity contribution is 0.404. The van der Waals surface area contributed by atoms with Gasteiger partial charge in [0, 0.05) is 17.1 Å². The third-order valence-corrected chi connectivity index (χ3v) is 3.01. The predicted octanol–water partition coefficient (Wildman–Crippen LogP) is 2.64. The van der Waals surface area contributed by atoms with Crippen LogP contribution in [0.3, 0.4) is 0 Å². The van der Waals surface area contributed by atoms with Gasteiger partial charge < -0.3 is 9.47 Å². The van der Waals surface area contributed by atoms with Gasteiger partial charge in [0.05, 0.1) is 19.9 Å². The third-order valence-electron chi connectivity index (χ3n) is 3.01. The second-order valence-electron chi connectivity index (χ2n) is 4.04. The molecule has 96 valence electrons. The number of H-pyrrole nitrogens is 1. The molecule has 0 fully saturated rings. The van der Waals surface area contributed by atoms with Gasteiger partial charge in [-0.1, -0.05) is 0 Å². The van der Waals surface area contributed by atoms with Crippen molar-refractivity contribution in [3.8, 4) is 22.8 Å². The molecule has 2 aromatic heterocycles. The largest absolute Gasteiger partial charge is 0.497 e. The highest BCUT2D eigenvalue weighted by Crippen LogP contribution is 2.35. The number of hydrogen-bond donors (Lipinski definition) is 1. The quantitative estimate of drug-likeness (QED) is 0.781. The lowest BCUT2D eigenvalue weighted by Crippen LogP contribution is -1.91. The van der Waals surface area contributed by atoms with Crippen molar-refractivity contribution in [3.63, 3.8) is 0 Å². The molecule has 3 rings (SSSR count). The van der Waals surface area contributed by atoms with Gasteiger partial charge in [-0.25, -0.2) is 4.98 Å². The number of aromatic nitrogens is 3. The van der Waals surface area contributed by atoms with Gasteiger partial charge in [-0.05, 0) is 30.3 Å². The molecule has 3 aromatic rings.